The van der Waals surface area contributed by atoms with Gasteiger partial charge in [0.05, 0.1) is 18.0 Å². The van der Waals surface area contributed by atoms with Gasteiger partial charge in [-0.05, 0) is 42.2 Å². The number of H-pyrrole nitrogens is 1. The van der Waals surface area contributed by atoms with Crippen LogP contribution in [0.3, 0.4) is 0 Å². The monoisotopic (exact) mass is 455 g/mol. The molecule has 5 nitrogen and oxygen atoms in total. The average molecular weight is 456 g/mol. The Bertz CT molecular complexity index is 1310. The Morgan fingerprint density at radius 2 is 1.76 bits per heavy atom. The van der Waals surface area contributed by atoms with E-state index in [0.717, 1.165) is 70.3 Å². The van der Waals surface area contributed by atoms with E-state index in [9.17, 15) is 0 Å². The quantitative estimate of drug-likeness (QED) is 0.289. The van der Waals surface area contributed by atoms with E-state index in [-0.39, 0.29) is 0 Å². The van der Waals surface area contributed by atoms with Crippen molar-refractivity contribution < 1.29 is 0 Å². The van der Waals surface area contributed by atoms with Gasteiger partial charge in [0.1, 0.15) is 0 Å². The summed E-state index contributed by atoms with van der Waals surface area (Å²) in [7, 11) is 1.95. The van der Waals surface area contributed by atoms with Crippen LogP contribution in [0.25, 0.3) is 22.2 Å². The molecule has 0 bridgehead atoms. The number of aromatic amines is 1. The summed E-state index contributed by atoms with van der Waals surface area (Å²) in [5.41, 5.74) is 6.64. The number of benzene rings is 3. The number of rotatable bonds is 6. The van der Waals surface area contributed by atoms with Crippen LogP contribution in [-0.4, -0.2) is 41.8 Å². The smallest absolute Gasteiger partial charge is 0.214 e. The number of aromatic nitrogens is 1. The summed E-state index contributed by atoms with van der Waals surface area (Å²) in [6.07, 6.45) is 1.69. The zero-order valence-electron chi connectivity index (χ0n) is 18.6. The van der Waals surface area contributed by atoms with Crippen LogP contribution in [0.4, 0.5) is 0 Å². The third-order valence-electron chi connectivity index (χ3n) is 5.85. The van der Waals surface area contributed by atoms with E-state index in [1.165, 1.54) is 5.56 Å². The zero-order chi connectivity index (χ0) is 22.6. The van der Waals surface area contributed by atoms with Gasteiger partial charge in [-0.15, -0.1) is 0 Å². The SMILES string of the molecule is CN(/N=C(/CCc1ccccc1)c1c(-c2ccc(Cl)cc2)[nH]c2ccccc12)C1=NCCN1. The Morgan fingerprint density at radius 3 is 2.52 bits per heavy atom. The molecule has 1 aliphatic heterocycles. The second-order valence-corrected chi connectivity index (χ2v) is 8.55. The highest BCUT2D eigenvalue weighted by Gasteiger charge is 2.20. The normalized spacial score (nSPS) is 13.8. The van der Waals surface area contributed by atoms with Gasteiger partial charge in [0.15, 0.2) is 0 Å². The molecule has 2 N–H and O–H groups in total. The number of hydrogen-bond donors (Lipinski definition) is 2. The second kappa shape index (κ2) is 9.51. The Hall–Kier alpha value is -3.57. The van der Waals surface area contributed by atoms with E-state index in [0.29, 0.717) is 0 Å². The maximum absolute atomic E-state index is 6.18. The molecule has 3 aromatic carbocycles. The van der Waals surface area contributed by atoms with E-state index < -0.39 is 0 Å². The lowest BCUT2D eigenvalue weighted by molar-refractivity contribution is 0.525. The Kier molecular flexibility index (Phi) is 6.13. The molecule has 0 saturated carbocycles. The van der Waals surface area contributed by atoms with E-state index >= 15 is 0 Å². The summed E-state index contributed by atoms with van der Waals surface area (Å²) in [5, 5.41) is 12.1. The van der Waals surface area contributed by atoms with Crippen LogP contribution in [-0.2, 0) is 6.42 Å². The number of nitrogens with zero attached hydrogens (tertiary/aromatic N) is 3. The van der Waals surface area contributed by atoms with Crippen LogP contribution in [0.15, 0.2) is 89.0 Å². The highest BCUT2D eigenvalue weighted by molar-refractivity contribution is 6.30. The van der Waals surface area contributed by atoms with Crippen molar-refractivity contribution in [1.29, 1.82) is 0 Å². The van der Waals surface area contributed by atoms with Gasteiger partial charge in [0.25, 0.3) is 0 Å². The van der Waals surface area contributed by atoms with Gasteiger partial charge in [-0.3, -0.25) is 0 Å². The zero-order valence-corrected chi connectivity index (χ0v) is 19.3. The average Bonchev–Trinajstić information content (AvgIpc) is 3.51. The molecule has 166 valence electrons. The summed E-state index contributed by atoms with van der Waals surface area (Å²) < 4.78 is 0. The summed E-state index contributed by atoms with van der Waals surface area (Å²) >= 11 is 6.18. The molecular weight excluding hydrogens is 430 g/mol. The fourth-order valence-corrected chi connectivity index (χ4v) is 4.36. The molecule has 0 aliphatic carbocycles. The maximum atomic E-state index is 6.18. The van der Waals surface area contributed by atoms with Gasteiger partial charge in [-0.2, -0.15) is 5.10 Å². The third kappa shape index (κ3) is 4.64. The number of fused-ring (bicyclic) bond motifs is 1. The van der Waals surface area contributed by atoms with E-state index in [1.807, 2.05) is 24.2 Å². The van der Waals surface area contributed by atoms with E-state index in [1.54, 1.807) is 0 Å². The van der Waals surface area contributed by atoms with E-state index in [4.69, 9.17) is 16.7 Å². The number of guanidine groups is 1. The fraction of sp³-hybridized carbons (Fsp3) is 0.185. The first-order valence-electron chi connectivity index (χ1n) is 11.2. The molecule has 0 radical (unpaired) electrons. The van der Waals surface area contributed by atoms with Crippen molar-refractivity contribution in [2.24, 2.45) is 10.1 Å². The lowest BCUT2D eigenvalue weighted by Crippen LogP contribution is -2.33. The molecule has 0 spiro atoms. The predicted octanol–water partition coefficient (Wildman–Crippen LogP) is 5.72. The van der Waals surface area contributed by atoms with Crippen molar-refractivity contribution >= 4 is 34.2 Å². The van der Waals surface area contributed by atoms with Crippen LogP contribution >= 0.6 is 11.6 Å². The molecule has 0 atom stereocenters. The van der Waals surface area contributed by atoms with Crippen molar-refractivity contribution in [3.05, 3.63) is 95.0 Å². The molecule has 2 heterocycles. The molecule has 0 amide bonds. The van der Waals surface area contributed by atoms with Crippen molar-refractivity contribution in [2.75, 3.05) is 20.1 Å². The summed E-state index contributed by atoms with van der Waals surface area (Å²) in [4.78, 5) is 8.18. The van der Waals surface area contributed by atoms with Crippen LogP contribution in [0.2, 0.25) is 5.02 Å². The molecule has 0 unspecified atom stereocenters. The van der Waals surface area contributed by atoms with Crippen molar-refractivity contribution in [3.63, 3.8) is 0 Å². The molecule has 33 heavy (non-hydrogen) atoms. The molecule has 4 aromatic rings. The first-order valence-corrected chi connectivity index (χ1v) is 11.6. The number of hydrogen-bond acceptors (Lipinski definition) is 4. The summed E-state index contributed by atoms with van der Waals surface area (Å²) in [6.45, 7) is 1.62. The maximum Gasteiger partial charge on any atom is 0.214 e. The number of halogens is 1. The lowest BCUT2D eigenvalue weighted by atomic mass is 9.97. The first kappa shape index (κ1) is 21.3. The van der Waals surface area contributed by atoms with Gasteiger partial charge < -0.3 is 10.3 Å². The van der Waals surface area contributed by atoms with Crippen LogP contribution in [0, 0.1) is 0 Å². The number of aliphatic imine (C=N–C) groups is 1. The van der Waals surface area contributed by atoms with Crippen molar-refractivity contribution in [1.82, 2.24) is 15.3 Å². The van der Waals surface area contributed by atoms with Crippen LogP contribution < -0.4 is 5.32 Å². The molecular formula is C27H26ClN5. The highest BCUT2D eigenvalue weighted by Crippen LogP contribution is 2.33. The molecule has 0 fully saturated rings. The van der Waals surface area contributed by atoms with Gasteiger partial charge in [0, 0.05) is 35.1 Å². The molecule has 1 aromatic heterocycles. The topological polar surface area (TPSA) is 55.8 Å². The minimum atomic E-state index is 0.722. The minimum Gasteiger partial charge on any atom is -0.354 e. The highest BCUT2D eigenvalue weighted by atomic mass is 35.5. The van der Waals surface area contributed by atoms with Crippen LogP contribution in [0.1, 0.15) is 17.5 Å². The van der Waals surface area contributed by atoms with Gasteiger partial charge in [0.2, 0.25) is 5.96 Å². The number of aryl methyl sites for hydroxylation is 1. The van der Waals surface area contributed by atoms with Gasteiger partial charge in [-0.25, -0.2) is 10.0 Å². The number of hydrazone groups is 1. The minimum absolute atomic E-state index is 0.722. The first-order chi connectivity index (χ1) is 16.2. The van der Waals surface area contributed by atoms with Crippen LogP contribution in [0.5, 0.6) is 0 Å². The lowest BCUT2D eigenvalue weighted by Gasteiger charge is -2.17. The Labute approximate surface area is 198 Å². The van der Waals surface area contributed by atoms with E-state index in [2.05, 4.69) is 82.0 Å². The number of para-hydroxylation sites is 1. The standard InChI is InChI=1S/C27H26ClN5/c1-33(27-29-17-18-30-27)32-24(16-11-19-7-3-2-4-8-19)25-22-9-5-6-10-23(22)31-26(25)20-12-14-21(28)15-13-20/h2-10,12-15,31H,11,16-18H2,1H3,(H,29,30)/b32-24-. The Morgan fingerprint density at radius 1 is 1.00 bits per heavy atom. The fourth-order valence-electron chi connectivity index (χ4n) is 4.24. The predicted molar refractivity (Wildman–Crippen MR) is 138 cm³/mol. The summed E-state index contributed by atoms with van der Waals surface area (Å²) in [6, 6.07) is 26.9. The molecule has 1 aliphatic rings. The molecule has 5 rings (SSSR count). The van der Waals surface area contributed by atoms with Crippen molar-refractivity contribution in [3.8, 4) is 11.3 Å². The van der Waals surface area contributed by atoms with Gasteiger partial charge >= 0.3 is 0 Å². The number of nitrogens with one attached hydrogen (secondary N) is 2. The third-order valence-corrected chi connectivity index (χ3v) is 6.11. The van der Waals surface area contributed by atoms with Crippen molar-refractivity contribution in [2.45, 2.75) is 12.8 Å². The molecule has 6 heteroatoms. The molecule has 0 saturated heterocycles. The Balaban J connectivity index is 1.63. The van der Waals surface area contributed by atoms with Gasteiger partial charge in [-0.1, -0.05) is 72.3 Å². The largest absolute Gasteiger partial charge is 0.354 e. The summed E-state index contributed by atoms with van der Waals surface area (Å²) in [5.74, 6) is 0.806. The second-order valence-electron chi connectivity index (χ2n) is 8.12.